The molecule has 0 aromatic heterocycles. The number of aliphatic hydroxyl groups excluding tert-OH is 1. The molecular weight excluding hydrogens is 286 g/mol. The second-order valence-corrected chi connectivity index (χ2v) is 6.16. The number of anilines is 1. The number of benzene rings is 2. The number of fused-ring (bicyclic) bond motifs is 1. The lowest BCUT2D eigenvalue weighted by molar-refractivity contribution is -0.121. The topological polar surface area (TPSA) is 57.6 Å². The van der Waals surface area contributed by atoms with Gasteiger partial charge < -0.3 is 5.11 Å². The summed E-state index contributed by atoms with van der Waals surface area (Å²) in [6, 6.07) is 13.3. The van der Waals surface area contributed by atoms with Gasteiger partial charge in [0.15, 0.2) is 0 Å². The molecule has 1 aliphatic rings. The van der Waals surface area contributed by atoms with Gasteiger partial charge >= 0.3 is 0 Å². The van der Waals surface area contributed by atoms with Crippen molar-refractivity contribution in [3.05, 3.63) is 42.5 Å². The van der Waals surface area contributed by atoms with Gasteiger partial charge in [-0.05, 0) is 11.5 Å². The van der Waals surface area contributed by atoms with Gasteiger partial charge in [-0.25, -0.2) is 4.90 Å². The van der Waals surface area contributed by atoms with Crippen LogP contribution in [0, 0.1) is 0 Å². The van der Waals surface area contributed by atoms with Gasteiger partial charge in [0.1, 0.15) is 0 Å². The molecule has 3 rings (SSSR count). The summed E-state index contributed by atoms with van der Waals surface area (Å²) in [4.78, 5) is 26.0. The van der Waals surface area contributed by atoms with Crippen LogP contribution in [0.4, 0.5) is 5.69 Å². The summed E-state index contributed by atoms with van der Waals surface area (Å²) in [6.07, 6.45) is 0.201. The highest BCUT2D eigenvalue weighted by Crippen LogP contribution is 2.33. The predicted molar refractivity (Wildman–Crippen MR) is 84.4 cm³/mol. The van der Waals surface area contributed by atoms with Gasteiger partial charge in [-0.3, -0.25) is 9.59 Å². The molecule has 2 aromatic carbocycles. The molecule has 0 aliphatic carbocycles. The minimum atomic E-state index is -0.386. The highest BCUT2D eigenvalue weighted by Gasteiger charge is 2.40. The Kier molecular flexibility index (Phi) is 3.94. The Hall–Kier alpha value is -1.85. The van der Waals surface area contributed by atoms with Crippen LogP contribution in [0.2, 0.25) is 0 Å². The Morgan fingerprint density at radius 2 is 1.90 bits per heavy atom. The van der Waals surface area contributed by atoms with E-state index in [2.05, 4.69) is 0 Å². The fraction of sp³-hybridized carbons (Fsp3) is 0.250. The Labute approximate surface area is 126 Å². The van der Waals surface area contributed by atoms with Crippen molar-refractivity contribution in [1.29, 1.82) is 0 Å². The first-order valence-electron chi connectivity index (χ1n) is 6.79. The van der Waals surface area contributed by atoms with Crippen LogP contribution in [0.15, 0.2) is 42.5 Å². The number of amides is 2. The maximum atomic E-state index is 12.5. The number of thioether (sulfide) groups is 1. The quantitative estimate of drug-likeness (QED) is 0.880. The van der Waals surface area contributed by atoms with Crippen molar-refractivity contribution in [2.45, 2.75) is 11.7 Å². The monoisotopic (exact) mass is 301 g/mol. The summed E-state index contributed by atoms with van der Waals surface area (Å²) in [6.45, 7) is 0.0108. The van der Waals surface area contributed by atoms with E-state index in [-0.39, 0.29) is 30.1 Å². The highest BCUT2D eigenvalue weighted by atomic mass is 32.2. The summed E-state index contributed by atoms with van der Waals surface area (Å²) < 4.78 is 0. The van der Waals surface area contributed by atoms with Crippen LogP contribution in [0.3, 0.4) is 0 Å². The molecule has 2 aromatic rings. The first-order valence-corrected chi connectivity index (χ1v) is 7.84. The van der Waals surface area contributed by atoms with Crippen LogP contribution in [0.1, 0.15) is 6.42 Å². The third-order valence-corrected chi connectivity index (χ3v) is 4.71. The molecule has 1 atom stereocenters. The maximum absolute atomic E-state index is 12.5. The largest absolute Gasteiger partial charge is 0.396 e. The van der Waals surface area contributed by atoms with Gasteiger partial charge in [-0.1, -0.05) is 36.4 Å². The SMILES string of the molecule is O=C1CC(SCCO)C(=O)N1c1cccc2ccccc12. The van der Waals surface area contributed by atoms with E-state index in [4.69, 9.17) is 5.11 Å². The molecule has 1 unspecified atom stereocenters. The molecule has 108 valence electrons. The van der Waals surface area contributed by atoms with Gasteiger partial charge in [0.05, 0.1) is 17.5 Å². The van der Waals surface area contributed by atoms with Crippen LogP contribution >= 0.6 is 11.8 Å². The fourth-order valence-electron chi connectivity index (χ4n) is 2.59. The number of hydrogen-bond donors (Lipinski definition) is 1. The van der Waals surface area contributed by atoms with E-state index in [0.29, 0.717) is 11.4 Å². The van der Waals surface area contributed by atoms with E-state index in [1.54, 1.807) is 6.07 Å². The Morgan fingerprint density at radius 1 is 1.14 bits per heavy atom. The van der Waals surface area contributed by atoms with Crippen molar-refractivity contribution >= 4 is 40.0 Å². The predicted octanol–water partition coefficient (Wildman–Crippen LogP) is 2.20. The van der Waals surface area contributed by atoms with E-state index < -0.39 is 0 Å². The third kappa shape index (κ3) is 2.54. The molecular formula is C16H15NO3S. The van der Waals surface area contributed by atoms with Crippen molar-refractivity contribution in [1.82, 2.24) is 0 Å². The third-order valence-electron chi connectivity index (χ3n) is 3.52. The Morgan fingerprint density at radius 3 is 2.71 bits per heavy atom. The lowest BCUT2D eigenvalue weighted by Crippen LogP contribution is -2.31. The summed E-state index contributed by atoms with van der Waals surface area (Å²) in [5, 5.41) is 10.4. The van der Waals surface area contributed by atoms with Gasteiger partial charge in [-0.15, -0.1) is 11.8 Å². The number of nitrogens with zero attached hydrogens (tertiary/aromatic N) is 1. The molecule has 0 bridgehead atoms. The first kappa shape index (κ1) is 14.1. The van der Waals surface area contributed by atoms with Gasteiger partial charge in [0.2, 0.25) is 11.8 Å². The molecule has 1 saturated heterocycles. The second-order valence-electron chi connectivity index (χ2n) is 4.85. The number of aliphatic hydroxyl groups is 1. The zero-order valence-corrected chi connectivity index (χ0v) is 12.2. The smallest absolute Gasteiger partial charge is 0.247 e. The zero-order valence-electron chi connectivity index (χ0n) is 11.4. The molecule has 0 radical (unpaired) electrons. The molecule has 1 heterocycles. The second kappa shape index (κ2) is 5.87. The number of carbonyl (C=O) groups is 2. The van der Waals surface area contributed by atoms with Crippen LogP contribution < -0.4 is 4.90 Å². The van der Waals surface area contributed by atoms with E-state index >= 15 is 0 Å². The highest BCUT2D eigenvalue weighted by molar-refractivity contribution is 8.00. The van der Waals surface area contributed by atoms with Crippen LogP contribution in [0.5, 0.6) is 0 Å². The van der Waals surface area contributed by atoms with Crippen molar-refractivity contribution in [2.24, 2.45) is 0 Å². The molecule has 2 amide bonds. The minimum Gasteiger partial charge on any atom is -0.396 e. The average Bonchev–Trinajstić information content (AvgIpc) is 2.79. The average molecular weight is 301 g/mol. The zero-order chi connectivity index (χ0) is 14.8. The normalized spacial score (nSPS) is 18.7. The molecule has 5 heteroatoms. The number of imide groups is 1. The van der Waals surface area contributed by atoms with Gasteiger partial charge in [0, 0.05) is 17.6 Å². The number of hydrogen-bond acceptors (Lipinski definition) is 4. The van der Waals surface area contributed by atoms with E-state index in [1.807, 2.05) is 36.4 Å². The maximum Gasteiger partial charge on any atom is 0.247 e. The standard InChI is InChI=1S/C16H15NO3S/c18-8-9-21-14-10-15(19)17(16(14)20)13-7-3-5-11-4-1-2-6-12(11)13/h1-7,14,18H,8-10H2. The minimum absolute atomic E-state index is 0.0108. The molecule has 21 heavy (non-hydrogen) atoms. The van der Waals surface area contributed by atoms with Crippen molar-refractivity contribution < 1.29 is 14.7 Å². The van der Waals surface area contributed by atoms with Crippen LogP contribution in [-0.4, -0.2) is 34.5 Å². The lowest BCUT2D eigenvalue weighted by atomic mass is 10.1. The lowest BCUT2D eigenvalue weighted by Gasteiger charge is -2.17. The summed E-state index contributed by atoms with van der Waals surface area (Å²) in [5.41, 5.74) is 0.648. The molecule has 1 aliphatic heterocycles. The molecule has 1 fully saturated rings. The van der Waals surface area contributed by atoms with E-state index in [0.717, 1.165) is 10.8 Å². The summed E-state index contributed by atoms with van der Waals surface area (Å²) >= 11 is 1.34. The van der Waals surface area contributed by atoms with Crippen molar-refractivity contribution in [3.8, 4) is 0 Å². The van der Waals surface area contributed by atoms with Gasteiger partial charge in [-0.2, -0.15) is 0 Å². The summed E-state index contributed by atoms with van der Waals surface area (Å²) in [5.74, 6) is 0.106. The fourth-order valence-corrected chi connectivity index (χ4v) is 3.48. The summed E-state index contributed by atoms with van der Waals surface area (Å²) in [7, 11) is 0. The van der Waals surface area contributed by atoms with Crippen molar-refractivity contribution in [2.75, 3.05) is 17.3 Å². The number of rotatable bonds is 4. The van der Waals surface area contributed by atoms with E-state index in [9.17, 15) is 9.59 Å². The Balaban J connectivity index is 1.99. The van der Waals surface area contributed by atoms with Crippen LogP contribution in [0.25, 0.3) is 10.8 Å². The van der Waals surface area contributed by atoms with Crippen LogP contribution in [-0.2, 0) is 9.59 Å². The van der Waals surface area contributed by atoms with Gasteiger partial charge in [0.25, 0.3) is 0 Å². The molecule has 0 saturated carbocycles. The Bertz CT molecular complexity index is 695. The molecule has 1 N–H and O–H groups in total. The molecule has 4 nitrogen and oxygen atoms in total. The first-order chi connectivity index (χ1) is 10.2. The molecule has 0 spiro atoms. The van der Waals surface area contributed by atoms with E-state index in [1.165, 1.54) is 16.7 Å². The van der Waals surface area contributed by atoms with Crippen molar-refractivity contribution in [3.63, 3.8) is 0 Å². The number of carbonyl (C=O) groups excluding carboxylic acids is 2.